The fraction of sp³-hybridized carbons (Fsp3) is 0.500. The van der Waals surface area contributed by atoms with Crippen LogP contribution in [0.25, 0.3) is 0 Å². The molecule has 1 aliphatic rings. The molecule has 10 heteroatoms. The van der Waals surface area contributed by atoms with Crippen LogP contribution in [0.15, 0.2) is 24.3 Å². The number of carbonyl (C=O) groups is 2. The Kier molecular flexibility index (Phi) is 7.15. The zero-order valence-electron chi connectivity index (χ0n) is 14.2. The van der Waals surface area contributed by atoms with E-state index >= 15 is 0 Å². The van der Waals surface area contributed by atoms with Gasteiger partial charge in [-0.15, -0.1) is 11.8 Å². The summed E-state index contributed by atoms with van der Waals surface area (Å²) in [6, 6.07) is 5.77. The second-order valence-corrected chi connectivity index (χ2v) is 8.16. The number of primary amides is 1. The van der Waals surface area contributed by atoms with Crippen molar-refractivity contribution in [2.75, 3.05) is 12.3 Å². The van der Waals surface area contributed by atoms with Crippen molar-refractivity contribution in [3.05, 3.63) is 39.9 Å². The van der Waals surface area contributed by atoms with Crippen molar-refractivity contribution in [3.8, 4) is 0 Å². The number of carbonyl (C=O) groups excluding carboxylic acids is 2. The molecular formula is C16H21N3O5S2. The van der Waals surface area contributed by atoms with E-state index in [9.17, 15) is 19.7 Å². The third-order valence-electron chi connectivity index (χ3n) is 4.08. The van der Waals surface area contributed by atoms with Crippen LogP contribution in [0.4, 0.5) is 10.5 Å². The lowest BCUT2D eigenvalue weighted by molar-refractivity contribution is -0.384. The van der Waals surface area contributed by atoms with Crippen LogP contribution < -0.4 is 5.73 Å². The van der Waals surface area contributed by atoms with Gasteiger partial charge < -0.3 is 15.4 Å². The Morgan fingerprint density at radius 1 is 1.46 bits per heavy atom. The molecule has 1 aliphatic heterocycles. The molecule has 26 heavy (non-hydrogen) atoms. The third kappa shape index (κ3) is 5.53. The first-order chi connectivity index (χ1) is 12.3. The number of thioether (sulfide) groups is 1. The lowest BCUT2D eigenvalue weighted by Crippen LogP contribution is -2.38. The summed E-state index contributed by atoms with van der Waals surface area (Å²) >= 11 is 5.85. The first kappa shape index (κ1) is 20.4. The van der Waals surface area contributed by atoms with E-state index in [0.717, 1.165) is 0 Å². The quantitative estimate of drug-likeness (QED) is 0.413. The lowest BCUT2D eigenvalue weighted by Gasteiger charge is -2.24. The van der Waals surface area contributed by atoms with E-state index in [4.69, 9.17) is 10.5 Å². The number of rotatable bonds is 7. The maximum Gasteiger partial charge on any atom is 0.410 e. The number of hydrogen-bond acceptors (Lipinski definition) is 7. The van der Waals surface area contributed by atoms with Gasteiger partial charge in [0.2, 0.25) is 5.91 Å². The van der Waals surface area contributed by atoms with Crippen molar-refractivity contribution >= 4 is 42.1 Å². The fourth-order valence-corrected chi connectivity index (χ4v) is 3.96. The molecular weight excluding hydrogens is 378 g/mol. The zero-order chi connectivity index (χ0) is 19.3. The summed E-state index contributed by atoms with van der Waals surface area (Å²) in [6.07, 6.45) is 0.256. The number of nitro benzene ring substituents is 1. The standard InChI is InChI=1S/C16H21N3O5S2/c1-10(15(17)20)26-9-13-6-14(25)7-18(13)16(21)24-8-11-2-4-12(5-3-11)19(22)23/h2-5,10,13-14,25H,6-9H2,1H3,(H2,17,20)/t10?,13-,14-/m0/s1. The molecule has 142 valence electrons. The third-order valence-corrected chi connectivity index (χ3v) is 5.76. The molecule has 8 nitrogen and oxygen atoms in total. The predicted octanol–water partition coefficient (Wildman–Crippen LogP) is 2.21. The van der Waals surface area contributed by atoms with E-state index in [1.54, 1.807) is 24.0 Å². The van der Waals surface area contributed by atoms with Crippen LogP contribution in [0, 0.1) is 10.1 Å². The maximum atomic E-state index is 12.4. The number of ether oxygens (including phenoxy) is 1. The molecule has 2 amide bonds. The number of nitro groups is 1. The minimum Gasteiger partial charge on any atom is -0.445 e. The normalized spacial score (nSPS) is 20.6. The summed E-state index contributed by atoms with van der Waals surface area (Å²) < 4.78 is 5.33. The number of likely N-dealkylation sites (tertiary alicyclic amines) is 1. The van der Waals surface area contributed by atoms with Crippen LogP contribution >= 0.6 is 24.4 Å². The minimum absolute atomic E-state index is 0.0156. The van der Waals surface area contributed by atoms with Crippen LogP contribution in [0.3, 0.4) is 0 Å². The van der Waals surface area contributed by atoms with E-state index in [2.05, 4.69) is 12.6 Å². The van der Waals surface area contributed by atoms with Gasteiger partial charge in [-0.2, -0.15) is 12.6 Å². The van der Waals surface area contributed by atoms with Gasteiger partial charge in [-0.3, -0.25) is 14.9 Å². The fourth-order valence-electron chi connectivity index (χ4n) is 2.55. The number of benzene rings is 1. The van der Waals surface area contributed by atoms with E-state index in [1.807, 2.05) is 0 Å². The number of hydrogen-bond donors (Lipinski definition) is 2. The molecule has 2 rings (SSSR count). The van der Waals surface area contributed by atoms with E-state index in [1.165, 1.54) is 23.9 Å². The first-order valence-electron chi connectivity index (χ1n) is 8.03. The molecule has 1 unspecified atom stereocenters. The summed E-state index contributed by atoms with van der Waals surface area (Å²) in [5.41, 5.74) is 5.91. The number of nitrogens with zero attached hydrogens (tertiary/aromatic N) is 2. The topological polar surface area (TPSA) is 116 Å². The molecule has 0 spiro atoms. The van der Waals surface area contributed by atoms with Crippen molar-refractivity contribution in [1.29, 1.82) is 0 Å². The Bertz CT molecular complexity index is 670. The smallest absolute Gasteiger partial charge is 0.410 e. The van der Waals surface area contributed by atoms with Crippen LogP contribution in [0.5, 0.6) is 0 Å². The second kappa shape index (κ2) is 9.13. The molecule has 1 fully saturated rings. The van der Waals surface area contributed by atoms with Crippen LogP contribution in [0.1, 0.15) is 18.9 Å². The molecule has 0 saturated carbocycles. The summed E-state index contributed by atoms with van der Waals surface area (Å²) in [6.45, 7) is 2.23. The van der Waals surface area contributed by atoms with E-state index in [0.29, 0.717) is 24.3 Å². The van der Waals surface area contributed by atoms with Gasteiger partial charge in [-0.05, 0) is 31.0 Å². The zero-order valence-corrected chi connectivity index (χ0v) is 15.9. The van der Waals surface area contributed by atoms with E-state index in [-0.39, 0.29) is 34.7 Å². The summed E-state index contributed by atoms with van der Waals surface area (Å²) in [5, 5.41) is 10.4. The van der Waals surface area contributed by atoms with Gasteiger partial charge in [-0.25, -0.2) is 4.79 Å². The van der Waals surface area contributed by atoms with Crippen molar-refractivity contribution in [1.82, 2.24) is 4.90 Å². The summed E-state index contributed by atoms with van der Waals surface area (Å²) in [7, 11) is 0. The monoisotopic (exact) mass is 399 g/mol. The highest BCUT2D eigenvalue weighted by atomic mass is 32.2. The number of non-ortho nitro benzene ring substituents is 1. The molecule has 0 radical (unpaired) electrons. The molecule has 0 aromatic heterocycles. The molecule has 1 aromatic rings. The van der Waals surface area contributed by atoms with Crippen LogP contribution in [0.2, 0.25) is 0 Å². The van der Waals surface area contributed by atoms with Crippen molar-refractivity contribution in [2.24, 2.45) is 5.73 Å². The molecule has 2 N–H and O–H groups in total. The Balaban J connectivity index is 1.89. The van der Waals surface area contributed by atoms with Gasteiger partial charge in [0.05, 0.1) is 10.2 Å². The SMILES string of the molecule is CC(SC[C@@H]1C[C@H](S)CN1C(=O)OCc1ccc([N+](=O)[O-])cc1)C(N)=O. The first-order valence-corrected chi connectivity index (χ1v) is 9.60. The van der Waals surface area contributed by atoms with Gasteiger partial charge in [0.1, 0.15) is 6.61 Å². The minimum atomic E-state index is -0.484. The van der Waals surface area contributed by atoms with Crippen LogP contribution in [-0.4, -0.2) is 50.7 Å². The van der Waals surface area contributed by atoms with Gasteiger partial charge in [0, 0.05) is 35.7 Å². The largest absolute Gasteiger partial charge is 0.445 e. The average Bonchev–Trinajstić information content (AvgIpc) is 2.98. The van der Waals surface area contributed by atoms with Gasteiger partial charge in [-0.1, -0.05) is 0 Å². The average molecular weight is 399 g/mol. The maximum absolute atomic E-state index is 12.4. The van der Waals surface area contributed by atoms with Crippen molar-refractivity contribution < 1.29 is 19.2 Å². The van der Waals surface area contributed by atoms with Crippen molar-refractivity contribution in [2.45, 2.75) is 36.5 Å². The molecule has 3 atom stereocenters. The lowest BCUT2D eigenvalue weighted by atomic mass is 10.2. The number of amides is 2. The highest BCUT2D eigenvalue weighted by Gasteiger charge is 2.35. The second-order valence-electron chi connectivity index (χ2n) is 6.05. The summed E-state index contributed by atoms with van der Waals surface area (Å²) in [4.78, 5) is 35.3. The molecule has 1 heterocycles. The van der Waals surface area contributed by atoms with E-state index < -0.39 is 11.0 Å². The molecule has 0 aliphatic carbocycles. The molecule has 0 bridgehead atoms. The number of nitrogens with two attached hydrogens (primary N) is 1. The Hall–Kier alpha value is -1.94. The Morgan fingerprint density at radius 2 is 2.12 bits per heavy atom. The molecule has 1 saturated heterocycles. The highest BCUT2D eigenvalue weighted by Crippen LogP contribution is 2.27. The Morgan fingerprint density at radius 3 is 2.69 bits per heavy atom. The van der Waals surface area contributed by atoms with Gasteiger partial charge in [0.15, 0.2) is 0 Å². The van der Waals surface area contributed by atoms with Gasteiger partial charge in [0.25, 0.3) is 5.69 Å². The molecule has 1 aromatic carbocycles. The Labute approximate surface area is 161 Å². The predicted molar refractivity (Wildman–Crippen MR) is 102 cm³/mol. The number of thiol groups is 1. The van der Waals surface area contributed by atoms with Crippen molar-refractivity contribution in [3.63, 3.8) is 0 Å². The van der Waals surface area contributed by atoms with Gasteiger partial charge >= 0.3 is 6.09 Å². The van der Waals surface area contributed by atoms with Crippen LogP contribution in [-0.2, 0) is 16.1 Å². The summed E-state index contributed by atoms with van der Waals surface area (Å²) in [5.74, 6) is 0.191. The highest BCUT2D eigenvalue weighted by molar-refractivity contribution is 8.00.